The number of nitrogens with one attached hydrogen (secondary N) is 2. The van der Waals surface area contributed by atoms with Crippen LogP contribution in [0.4, 0.5) is 8.78 Å². The molecule has 0 aromatic rings. The van der Waals surface area contributed by atoms with Crippen molar-refractivity contribution in [1.29, 1.82) is 0 Å². The first-order valence-corrected chi connectivity index (χ1v) is 3.42. The van der Waals surface area contributed by atoms with Crippen LogP contribution in [0.25, 0.3) is 0 Å². The van der Waals surface area contributed by atoms with Crippen molar-refractivity contribution in [2.45, 2.75) is 18.9 Å². The molecule has 0 amide bonds. The second kappa shape index (κ2) is 5.91. The molecule has 1 aliphatic rings. The van der Waals surface area contributed by atoms with E-state index in [-0.39, 0.29) is 24.8 Å². The zero-order valence-corrected chi connectivity index (χ0v) is 8.40. The summed E-state index contributed by atoms with van der Waals surface area (Å²) < 4.78 is 25.0. The van der Waals surface area contributed by atoms with Gasteiger partial charge in [0.25, 0.3) is 5.92 Å². The van der Waals surface area contributed by atoms with Gasteiger partial charge in [-0.2, -0.15) is 0 Å². The molecule has 2 N–H and O–H groups in total. The van der Waals surface area contributed by atoms with Crippen LogP contribution in [0.5, 0.6) is 0 Å². The van der Waals surface area contributed by atoms with E-state index in [1.165, 1.54) is 0 Å². The first kappa shape index (κ1) is 14.9. The van der Waals surface area contributed by atoms with E-state index in [2.05, 4.69) is 10.6 Å². The third-order valence-corrected chi connectivity index (χ3v) is 1.65. The Morgan fingerprint density at radius 3 is 2.08 bits per heavy atom. The Morgan fingerprint density at radius 1 is 1.25 bits per heavy atom. The van der Waals surface area contributed by atoms with Crippen molar-refractivity contribution >= 4 is 24.8 Å². The number of alkyl halides is 2. The van der Waals surface area contributed by atoms with Crippen LogP contribution in [-0.4, -0.2) is 31.6 Å². The Balaban J connectivity index is 0. The van der Waals surface area contributed by atoms with Gasteiger partial charge in [0.15, 0.2) is 0 Å². The molecule has 1 aliphatic heterocycles. The molecule has 0 spiro atoms. The molecule has 1 rings (SSSR count). The lowest BCUT2D eigenvalue weighted by Crippen LogP contribution is -2.55. The standard InChI is InChI=1S/C6H12F2N2.2ClH/c1-6(7,8)5-4-9-2-3-10-5;;/h5,9-10H,2-4H2,1H3;2*1H. The van der Waals surface area contributed by atoms with Gasteiger partial charge in [0.1, 0.15) is 0 Å². The maximum Gasteiger partial charge on any atom is 0.261 e. The van der Waals surface area contributed by atoms with E-state index in [1.807, 2.05) is 0 Å². The minimum atomic E-state index is -2.60. The summed E-state index contributed by atoms with van der Waals surface area (Å²) >= 11 is 0. The summed E-state index contributed by atoms with van der Waals surface area (Å²) in [6.07, 6.45) is 0. The van der Waals surface area contributed by atoms with Gasteiger partial charge in [-0.15, -0.1) is 24.8 Å². The minimum absolute atomic E-state index is 0. The Hall–Kier alpha value is 0.360. The second-order valence-electron chi connectivity index (χ2n) is 2.67. The first-order chi connectivity index (χ1) is 4.61. The summed E-state index contributed by atoms with van der Waals surface area (Å²) in [5.74, 6) is -2.60. The molecule has 1 atom stereocenters. The van der Waals surface area contributed by atoms with Gasteiger partial charge in [-0.05, 0) is 0 Å². The van der Waals surface area contributed by atoms with Gasteiger partial charge in [0, 0.05) is 26.6 Å². The molecular weight excluding hydrogens is 209 g/mol. The molecule has 1 heterocycles. The molecule has 0 aromatic carbocycles. The monoisotopic (exact) mass is 222 g/mol. The Labute approximate surface area is 83.3 Å². The molecule has 1 saturated heterocycles. The van der Waals surface area contributed by atoms with Crippen LogP contribution in [0.3, 0.4) is 0 Å². The van der Waals surface area contributed by atoms with Crippen molar-refractivity contribution in [3.8, 4) is 0 Å². The summed E-state index contributed by atoms with van der Waals surface area (Å²) in [5.41, 5.74) is 0. The van der Waals surface area contributed by atoms with E-state index >= 15 is 0 Å². The highest BCUT2D eigenvalue weighted by Gasteiger charge is 2.34. The largest absolute Gasteiger partial charge is 0.314 e. The Kier molecular flexibility index (Phi) is 7.32. The fourth-order valence-corrected chi connectivity index (χ4v) is 1.01. The van der Waals surface area contributed by atoms with Crippen molar-refractivity contribution in [2.24, 2.45) is 0 Å². The molecule has 1 unspecified atom stereocenters. The van der Waals surface area contributed by atoms with E-state index in [9.17, 15) is 8.78 Å². The fourth-order valence-electron chi connectivity index (χ4n) is 1.01. The van der Waals surface area contributed by atoms with Crippen LogP contribution in [0.15, 0.2) is 0 Å². The lowest BCUT2D eigenvalue weighted by atomic mass is 10.1. The number of hydrogen-bond acceptors (Lipinski definition) is 2. The molecule has 0 aliphatic carbocycles. The number of hydrogen-bond donors (Lipinski definition) is 2. The van der Waals surface area contributed by atoms with Crippen LogP contribution in [0.2, 0.25) is 0 Å². The maximum absolute atomic E-state index is 12.5. The van der Waals surface area contributed by atoms with Crippen molar-refractivity contribution in [1.82, 2.24) is 10.6 Å². The predicted molar refractivity (Wildman–Crippen MR) is 49.8 cm³/mol. The van der Waals surface area contributed by atoms with E-state index in [1.54, 1.807) is 0 Å². The molecular formula is C6H14Cl2F2N2. The normalized spacial score (nSPS) is 23.8. The van der Waals surface area contributed by atoms with Crippen LogP contribution in [0, 0.1) is 0 Å². The van der Waals surface area contributed by atoms with Gasteiger partial charge >= 0.3 is 0 Å². The van der Waals surface area contributed by atoms with Gasteiger partial charge in [-0.1, -0.05) is 0 Å². The SMILES string of the molecule is CC(F)(F)C1CNCCN1.Cl.Cl. The summed E-state index contributed by atoms with van der Waals surface area (Å²) in [4.78, 5) is 0. The first-order valence-electron chi connectivity index (χ1n) is 3.42. The van der Waals surface area contributed by atoms with Crippen LogP contribution in [0.1, 0.15) is 6.92 Å². The zero-order chi connectivity index (χ0) is 7.61. The molecule has 0 saturated carbocycles. The third-order valence-electron chi connectivity index (χ3n) is 1.65. The number of piperazine rings is 1. The van der Waals surface area contributed by atoms with E-state index in [0.717, 1.165) is 13.5 Å². The molecule has 12 heavy (non-hydrogen) atoms. The number of halogens is 4. The number of rotatable bonds is 1. The average molecular weight is 223 g/mol. The topological polar surface area (TPSA) is 24.1 Å². The van der Waals surface area contributed by atoms with Gasteiger partial charge in [0.2, 0.25) is 0 Å². The molecule has 0 radical (unpaired) electrons. The maximum atomic E-state index is 12.5. The predicted octanol–water partition coefficient (Wildman–Crippen LogP) is 1.05. The molecule has 76 valence electrons. The minimum Gasteiger partial charge on any atom is -0.314 e. The molecule has 0 bridgehead atoms. The quantitative estimate of drug-likeness (QED) is 0.694. The molecule has 2 nitrogen and oxygen atoms in total. The van der Waals surface area contributed by atoms with E-state index in [0.29, 0.717) is 13.1 Å². The van der Waals surface area contributed by atoms with Crippen molar-refractivity contribution in [3.63, 3.8) is 0 Å². The highest BCUT2D eigenvalue weighted by Crippen LogP contribution is 2.17. The van der Waals surface area contributed by atoms with Gasteiger partial charge < -0.3 is 10.6 Å². The molecule has 0 aromatic heterocycles. The van der Waals surface area contributed by atoms with Crippen LogP contribution in [-0.2, 0) is 0 Å². The summed E-state index contributed by atoms with van der Waals surface area (Å²) in [7, 11) is 0. The summed E-state index contributed by atoms with van der Waals surface area (Å²) in [5, 5.41) is 5.65. The smallest absolute Gasteiger partial charge is 0.261 e. The van der Waals surface area contributed by atoms with Gasteiger partial charge in [-0.3, -0.25) is 0 Å². The van der Waals surface area contributed by atoms with Crippen LogP contribution >= 0.6 is 24.8 Å². The van der Waals surface area contributed by atoms with Gasteiger partial charge in [-0.25, -0.2) is 8.78 Å². The fraction of sp³-hybridized carbons (Fsp3) is 1.00. The van der Waals surface area contributed by atoms with Crippen molar-refractivity contribution in [3.05, 3.63) is 0 Å². The lowest BCUT2D eigenvalue weighted by Gasteiger charge is -2.28. The molecule has 1 fully saturated rings. The summed E-state index contributed by atoms with van der Waals surface area (Å²) in [6, 6.07) is -0.693. The summed E-state index contributed by atoms with van der Waals surface area (Å²) in [6.45, 7) is 2.72. The average Bonchev–Trinajstić information content (AvgIpc) is 1.88. The lowest BCUT2D eigenvalue weighted by molar-refractivity contribution is -0.0218. The zero-order valence-electron chi connectivity index (χ0n) is 6.77. The Morgan fingerprint density at radius 2 is 1.83 bits per heavy atom. The van der Waals surface area contributed by atoms with E-state index < -0.39 is 12.0 Å². The second-order valence-corrected chi connectivity index (χ2v) is 2.67. The van der Waals surface area contributed by atoms with Gasteiger partial charge in [0.05, 0.1) is 6.04 Å². The Bertz CT molecular complexity index is 113. The molecule has 6 heteroatoms. The van der Waals surface area contributed by atoms with Crippen LogP contribution < -0.4 is 10.6 Å². The third kappa shape index (κ3) is 4.40. The van der Waals surface area contributed by atoms with Crippen molar-refractivity contribution < 1.29 is 8.78 Å². The van der Waals surface area contributed by atoms with E-state index in [4.69, 9.17) is 0 Å². The highest BCUT2D eigenvalue weighted by molar-refractivity contribution is 5.85. The van der Waals surface area contributed by atoms with Crippen molar-refractivity contribution in [2.75, 3.05) is 19.6 Å². The highest BCUT2D eigenvalue weighted by atomic mass is 35.5.